The van der Waals surface area contributed by atoms with Gasteiger partial charge >= 0.3 is 6.03 Å². The van der Waals surface area contributed by atoms with Crippen LogP contribution in [0.2, 0.25) is 0 Å². The van der Waals surface area contributed by atoms with Gasteiger partial charge in [0, 0.05) is 17.4 Å². The second-order valence-corrected chi connectivity index (χ2v) is 5.42. The van der Waals surface area contributed by atoms with Gasteiger partial charge in [0.1, 0.15) is 0 Å². The highest BCUT2D eigenvalue weighted by atomic mass is 16.2. The molecule has 2 atom stereocenters. The monoisotopic (exact) mass is 247 g/mol. The molecule has 0 aromatic heterocycles. The normalized spacial score (nSPS) is 21.8. The van der Waals surface area contributed by atoms with Crippen LogP contribution in [0.5, 0.6) is 0 Å². The van der Waals surface area contributed by atoms with Crippen molar-refractivity contribution in [2.45, 2.75) is 39.2 Å². The minimum atomic E-state index is -0.152. The molecular formula is C14H21N3O. The summed E-state index contributed by atoms with van der Waals surface area (Å²) in [7, 11) is 0. The van der Waals surface area contributed by atoms with E-state index in [0.29, 0.717) is 17.9 Å². The molecule has 1 fully saturated rings. The summed E-state index contributed by atoms with van der Waals surface area (Å²) in [6.07, 6.45) is 1.07. The summed E-state index contributed by atoms with van der Waals surface area (Å²) >= 11 is 0. The molecule has 4 nitrogen and oxygen atoms in total. The Bertz CT molecular complexity index is 456. The lowest BCUT2D eigenvalue weighted by atomic mass is 10.0. The Hall–Kier alpha value is -1.71. The second-order valence-electron chi connectivity index (χ2n) is 5.42. The maximum Gasteiger partial charge on any atom is 0.319 e. The highest BCUT2D eigenvalue weighted by molar-refractivity contribution is 5.90. The number of rotatable bonds is 3. The highest BCUT2D eigenvalue weighted by Gasteiger charge is 2.33. The Labute approximate surface area is 108 Å². The first-order chi connectivity index (χ1) is 8.47. The fourth-order valence-electron chi connectivity index (χ4n) is 2.04. The summed E-state index contributed by atoms with van der Waals surface area (Å²) in [6, 6.07) is 5.85. The molecule has 1 aromatic rings. The summed E-state index contributed by atoms with van der Waals surface area (Å²) in [5.41, 5.74) is 8.53. The first-order valence-electron chi connectivity index (χ1n) is 6.44. The fourth-order valence-corrected chi connectivity index (χ4v) is 2.04. The molecule has 2 rings (SSSR count). The van der Waals surface area contributed by atoms with Crippen LogP contribution in [-0.4, -0.2) is 12.1 Å². The van der Waals surface area contributed by atoms with Gasteiger partial charge in [0.2, 0.25) is 0 Å². The molecule has 18 heavy (non-hydrogen) atoms. The van der Waals surface area contributed by atoms with Crippen LogP contribution in [0.1, 0.15) is 38.7 Å². The van der Waals surface area contributed by atoms with E-state index in [9.17, 15) is 4.79 Å². The van der Waals surface area contributed by atoms with E-state index in [1.54, 1.807) is 0 Å². The van der Waals surface area contributed by atoms with Crippen molar-refractivity contribution in [1.82, 2.24) is 5.32 Å². The van der Waals surface area contributed by atoms with Crippen molar-refractivity contribution in [2.24, 2.45) is 5.92 Å². The lowest BCUT2D eigenvalue weighted by Crippen LogP contribution is -2.31. The van der Waals surface area contributed by atoms with Crippen molar-refractivity contribution in [2.75, 3.05) is 11.1 Å². The molecule has 98 valence electrons. The molecule has 2 unspecified atom stereocenters. The summed E-state index contributed by atoms with van der Waals surface area (Å²) in [6.45, 7) is 6.32. The van der Waals surface area contributed by atoms with Gasteiger partial charge in [-0.25, -0.2) is 4.79 Å². The molecule has 4 heteroatoms. The van der Waals surface area contributed by atoms with Gasteiger partial charge in [-0.05, 0) is 36.0 Å². The number of anilines is 2. The van der Waals surface area contributed by atoms with E-state index in [1.807, 2.05) is 18.2 Å². The van der Waals surface area contributed by atoms with Crippen LogP contribution in [0.3, 0.4) is 0 Å². The average Bonchev–Trinajstić information content (AvgIpc) is 2.93. The Morgan fingerprint density at radius 1 is 1.44 bits per heavy atom. The third-order valence-corrected chi connectivity index (χ3v) is 3.39. The van der Waals surface area contributed by atoms with Gasteiger partial charge in [-0.3, -0.25) is 0 Å². The second kappa shape index (κ2) is 4.88. The number of carbonyl (C=O) groups excluding carboxylic acids is 1. The molecule has 1 saturated carbocycles. The van der Waals surface area contributed by atoms with Gasteiger partial charge in [0.05, 0.1) is 0 Å². The quantitative estimate of drug-likeness (QED) is 0.719. The molecule has 0 radical (unpaired) electrons. The lowest BCUT2D eigenvalue weighted by Gasteiger charge is -2.12. The third kappa shape index (κ3) is 2.94. The molecule has 0 spiro atoms. The smallest absolute Gasteiger partial charge is 0.319 e. The predicted octanol–water partition coefficient (Wildman–Crippen LogP) is 2.92. The van der Waals surface area contributed by atoms with Crippen LogP contribution in [0.15, 0.2) is 18.2 Å². The number of urea groups is 1. The summed E-state index contributed by atoms with van der Waals surface area (Å²) in [4.78, 5) is 11.7. The predicted molar refractivity (Wildman–Crippen MR) is 74.7 cm³/mol. The molecular weight excluding hydrogens is 226 g/mol. The molecule has 1 aliphatic rings. The first-order valence-corrected chi connectivity index (χ1v) is 6.44. The van der Waals surface area contributed by atoms with E-state index in [-0.39, 0.29) is 6.03 Å². The molecule has 0 aliphatic heterocycles. The van der Waals surface area contributed by atoms with Crippen LogP contribution in [0, 0.1) is 5.92 Å². The molecule has 0 bridgehead atoms. The van der Waals surface area contributed by atoms with E-state index in [1.165, 1.54) is 0 Å². The highest BCUT2D eigenvalue weighted by Crippen LogP contribution is 2.29. The van der Waals surface area contributed by atoms with Crippen molar-refractivity contribution in [3.8, 4) is 0 Å². The minimum Gasteiger partial charge on any atom is -0.398 e. The molecule has 4 N–H and O–H groups in total. The minimum absolute atomic E-state index is 0.152. The van der Waals surface area contributed by atoms with Crippen LogP contribution in [0.4, 0.5) is 16.2 Å². The van der Waals surface area contributed by atoms with Crippen molar-refractivity contribution < 1.29 is 4.79 Å². The van der Waals surface area contributed by atoms with Gasteiger partial charge in [-0.15, -0.1) is 0 Å². The first kappa shape index (κ1) is 12.7. The number of carbonyl (C=O) groups is 1. The number of nitrogens with one attached hydrogen (secondary N) is 2. The van der Waals surface area contributed by atoms with Gasteiger partial charge in [0.15, 0.2) is 0 Å². The Morgan fingerprint density at radius 2 is 2.11 bits per heavy atom. The Kier molecular flexibility index (Phi) is 3.45. The maximum absolute atomic E-state index is 11.7. The van der Waals surface area contributed by atoms with Crippen molar-refractivity contribution >= 4 is 17.4 Å². The SMILES string of the molecule is CC(C)c1ccc(NC(=O)NC2CC2C)cc1N. The topological polar surface area (TPSA) is 67.2 Å². The molecule has 0 heterocycles. The summed E-state index contributed by atoms with van der Waals surface area (Å²) < 4.78 is 0. The Morgan fingerprint density at radius 3 is 2.61 bits per heavy atom. The van der Waals surface area contributed by atoms with Crippen LogP contribution in [-0.2, 0) is 0 Å². The Balaban J connectivity index is 1.97. The van der Waals surface area contributed by atoms with E-state index >= 15 is 0 Å². The van der Waals surface area contributed by atoms with Crippen LogP contribution < -0.4 is 16.4 Å². The van der Waals surface area contributed by atoms with Crippen molar-refractivity contribution in [1.29, 1.82) is 0 Å². The maximum atomic E-state index is 11.7. The van der Waals surface area contributed by atoms with Gasteiger partial charge < -0.3 is 16.4 Å². The van der Waals surface area contributed by atoms with E-state index < -0.39 is 0 Å². The third-order valence-electron chi connectivity index (χ3n) is 3.39. The van der Waals surface area contributed by atoms with E-state index in [0.717, 1.165) is 23.4 Å². The van der Waals surface area contributed by atoms with Gasteiger partial charge in [-0.1, -0.05) is 26.8 Å². The zero-order chi connectivity index (χ0) is 13.3. The van der Waals surface area contributed by atoms with Crippen LogP contribution >= 0.6 is 0 Å². The molecule has 2 amide bonds. The lowest BCUT2D eigenvalue weighted by molar-refractivity contribution is 0.251. The number of nitrogens with two attached hydrogens (primary N) is 1. The number of benzene rings is 1. The fraction of sp³-hybridized carbons (Fsp3) is 0.500. The van der Waals surface area contributed by atoms with E-state index in [2.05, 4.69) is 31.4 Å². The number of hydrogen-bond donors (Lipinski definition) is 3. The van der Waals surface area contributed by atoms with Gasteiger partial charge in [-0.2, -0.15) is 0 Å². The summed E-state index contributed by atoms with van der Waals surface area (Å²) in [5, 5.41) is 5.73. The standard InChI is InChI=1S/C14H21N3O/c1-8(2)11-5-4-10(7-12(11)15)16-14(18)17-13-6-9(13)3/h4-5,7-9,13H,6,15H2,1-3H3,(H2,16,17,18). The van der Waals surface area contributed by atoms with Gasteiger partial charge in [0.25, 0.3) is 0 Å². The molecule has 1 aliphatic carbocycles. The summed E-state index contributed by atoms with van der Waals surface area (Å²) in [5.74, 6) is 0.990. The zero-order valence-corrected chi connectivity index (χ0v) is 11.2. The number of hydrogen-bond acceptors (Lipinski definition) is 2. The van der Waals surface area contributed by atoms with Crippen molar-refractivity contribution in [3.05, 3.63) is 23.8 Å². The zero-order valence-electron chi connectivity index (χ0n) is 11.2. The van der Waals surface area contributed by atoms with Crippen LogP contribution in [0.25, 0.3) is 0 Å². The number of nitrogen functional groups attached to an aromatic ring is 1. The largest absolute Gasteiger partial charge is 0.398 e. The van der Waals surface area contributed by atoms with Crippen molar-refractivity contribution in [3.63, 3.8) is 0 Å². The molecule has 1 aromatic carbocycles. The average molecular weight is 247 g/mol. The van der Waals surface area contributed by atoms with E-state index in [4.69, 9.17) is 5.73 Å². The number of amides is 2. The molecule has 0 saturated heterocycles.